The van der Waals surface area contributed by atoms with Crippen LogP contribution in [0.1, 0.15) is 57.4 Å². The van der Waals surface area contributed by atoms with Gasteiger partial charge in [-0.1, -0.05) is 18.2 Å². The first-order valence-corrected chi connectivity index (χ1v) is 11.2. The second-order valence-corrected chi connectivity index (χ2v) is 9.35. The Hall–Kier alpha value is -2.07. The van der Waals surface area contributed by atoms with Gasteiger partial charge >= 0.3 is 0 Å². The summed E-state index contributed by atoms with van der Waals surface area (Å²) < 4.78 is 17.1. The van der Waals surface area contributed by atoms with Gasteiger partial charge in [-0.15, -0.1) is 12.4 Å². The van der Waals surface area contributed by atoms with Crippen LogP contribution >= 0.6 is 12.4 Å². The highest BCUT2D eigenvalue weighted by Gasteiger charge is 2.33. The average Bonchev–Trinajstić information content (AvgIpc) is 2.76. The van der Waals surface area contributed by atoms with E-state index in [4.69, 9.17) is 14.2 Å². The van der Waals surface area contributed by atoms with Crippen molar-refractivity contribution >= 4 is 18.1 Å². The summed E-state index contributed by atoms with van der Waals surface area (Å²) in [6.45, 7) is 6.65. The van der Waals surface area contributed by atoms with Crippen LogP contribution in [0.2, 0.25) is 0 Å². The molecule has 5 heteroatoms. The van der Waals surface area contributed by atoms with E-state index in [1.807, 2.05) is 6.07 Å². The molecule has 2 aliphatic rings. The largest absolute Gasteiger partial charge is 0.493 e. The van der Waals surface area contributed by atoms with Gasteiger partial charge in [0.15, 0.2) is 11.5 Å². The van der Waals surface area contributed by atoms with Gasteiger partial charge in [0, 0.05) is 24.8 Å². The van der Waals surface area contributed by atoms with E-state index in [0.717, 1.165) is 42.7 Å². The Morgan fingerprint density at radius 3 is 2.39 bits per heavy atom. The summed E-state index contributed by atoms with van der Waals surface area (Å²) in [5.74, 6) is 4.09. The van der Waals surface area contributed by atoms with Crippen LogP contribution in [-0.2, 0) is 0 Å². The number of hydrogen-bond donors (Lipinski definition) is 0. The Morgan fingerprint density at radius 2 is 1.68 bits per heavy atom. The lowest BCUT2D eigenvalue weighted by Gasteiger charge is -2.39. The molecule has 0 saturated carbocycles. The van der Waals surface area contributed by atoms with Crippen molar-refractivity contribution in [2.75, 3.05) is 32.2 Å². The highest BCUT2D eigenvalue weighted by molar-refractivity contribution is 5.85. The Bertz CT molecular complexity index is 861. The molecule has 1 saturated heterocycles. The number of benzene rings is 2. The van der Waals surface area contributed by atoms with E-state index in [2.05, 4.69) is 55.1 Å². The molecule has 2 aromatic carbocycles. The Morgan fingerprint density at radius 1 is 0.968 bits per heavy atom. The van der Waals surface area contributed by atoms with Gasteiger partial charge in [0.05, 0.1) is 14.2 Å². The van der Waals surface area contributed by atoms with Gasteiger partial charge in [0.2, 0.25) is 0 Å². The van der Waals surface area contributed by atoms with Crippen LogP contribution in [0.25, 0.3) is 0 Å². The number of nitrogens with zero attached hydrogens (tertiary/aromatic N) is 1. The number of anilines is 1. The molecule has 0 radical (unpaired) electrons. The monoisotopic (exact) mass is 445 g/mol. The average molecular weight is 446 g/mol. The molecule has 0 aromatic heterocycles. The van der Waals surface area contributed by atoms with Crippen LogP contribution in [0, 0.1) is 5.92 Å². The number of ether oxygens (including phenoxy) is 3. The third kappa shape index (κ3) is 5.41. The van der Waals surface area contributed by atoms with Gasteiger partial charge in [0.1, 0.15) is 11.4 Å². The second kappa shape index (κ2) is 10.0. The van der Waals surface area contributed by atoms with Crippen molar-refractivity contribution in [1.29, 1.82) is 0 Å². The first-order chi connectivity index (χ1) is 14.5. The van der Waals surface area contributed by atoms with Crippen LogP contribution in [0.4, 0.5) is 5.69 Å². The van der Waals surface area contributed by atoms with Gasteiger partial charge in [-0.2, -0.15) is 0 Å². The summed E-state index contributed by atoms with van der Waals surface area (Å²) in [6, 6.07) is 14.9. The van der Waals surface area contributed by atoms with Gasteiger partial charge in [-0.05, 0) is 81.5 Å². The molecule has 2 heterocycles. The van der Waals surface area contributed by atoms with Crippen molar-refractivity contribution in [3.8, 4) is 17.2 Å². The molecule has 0 bridgehead atoms. The molecule has 2 aliphatic heterocycles. The quantitative estimate of drug-likeness (QED) is 0.510. The van der Waals surface area contributed by atoms with Crippen LogP contribution < -0.4 is 19.1 Å². The molecule has 170 valence electrons. The highest BCUT2D eigenvalue weighted by atomic mass is 35.5. The fourth-order valence-corrected chi connectivity index (χ4v) is 5.15. The Balaban J connectivity index is 0.00000272. The van der Waals surface area contributed by atoms with Crippen molar-refractivity contribution in [3.05, 3.63) is 48.0 Å². The molecule has 31 heavy (non-hydrogen) atoms. The van der Waals surface area contributed by atoms with Crippen LogP contribution in [-0.4, -0.2) is 32.9 Å². The molecule has 4 nitrogen and oxygen atoms in total. The van der Waals surface area contributed by atoms with Crippen molar-refractivity contribution in [1.82, 2.24) is 0 Å². The zero-order valence-corrected chi connectivity index (χ0v) is 20.0. The van der Waals surface area contributed by atoms with Gasteiger partial charge < -0.3 is 19.1 Å². The smallest absolute Gasteiger partial charge is 0.162 e. The summed E-state index contributed by atoms with van der Waals surface area (Å²) in [6.07, 6.45) is 6.17. The topological polar surface area (TPSA) is 30.9 Å². The van der Waals surface area contributed by atoms with E-state index >= 15 is 0 Å². The third-order valence-electron chi connectivity index (χ3n) is 6.75. The first-order valence-electron chi connectivity index (χ1n) is 11.2. The van der Waals surface area contributed by atoms with Crippen molar-refractivity contribution in [3.63, 3.8) is 0 Å². The van der Waals surface area contributed by atoms with Crippen molar-refractivity contribution < 1.29 is 14.2 Å². The minimum absolute atomic E-state index is 0. The summed E-state index contributed by atoms with van der Waals surface area (Å²) in [7, 11) is 3.38. The maximum atomic E-state index is 6.21. The zero-order chi connectivity index (χ0) is 21.1. The van der Waals surface area contributed by atoms with Gasteiger partial charge in [-0.25, -0.2) is 0 Å². The lowest BCUT2D eigenvalue weighted by atomic mass is 9.79. The fourth-order valence-electron chi connectivity index (χ4n) is 5.15. The zero-order valence-electron chi connectivity index (χ0n) is 19.2. The van der Waals surface area contributed by atoms with Crippen LogP contribution in [0.5, 0.6) is 17.2 Å². The van der Waals surface area contributed by atoms with Gasteiger partial charge in [-0.3, -0.25) is 0 Å². The lowest BCUT2D eigenvalue weighted by Crippen LogP contribution is -2.36. The van der Waals surface area contributed by atoms with Crippen LogP contribution in [0.15, 0.2) is 42.5 Å². The van der Waals surface area contributed by atoms with E-state index in [9.17, 15) is 0 Å². The SMILES string of the molecule is COc1ccc(N2CCC(CCC3CC(C)(C)Oc4ccccc43)CC2)cc1OC.Cl. The maximum Gasteiger partial charge on any atom is 0.162 e. The van der Waals surface area contributed by atoms with Gasteiger partial charge in [0.25, 0.3) is 0 Å². The molecule has 0 spiro atoms. The third-order valence-corrected chi connectivity index (χ3v) is 6.75. The Labute approximate surface area is 193 Å². The number of para-hydroxylation sites is 1. The first kappa shape index (κ1) is 23.6. The number of hydrogen-bond acceptors (Lipinski definition) is 4. The molecule has 2 aromatic rings. The molecule has 0 amide bonds. The maximum absolute atomic E-state index is 6.21. The molecule has 1 fully saturated rings. The molecular formula is C26H36ClNO3. The Kier molecular flexibility index (Phi) is 7.64. The number of halogens is 1. The molecule has 0 aliphatic carbocycles. The fraction of sp³-hybridized carbons (Fsp3) is 0.538. The second-order valence-electron chi connectivity index (χ2n) is 9.35. The summed E-state index contributed by atoms with van der Waals surface area (Å²) in [5, 5.41) is 0. The lowest BCUT2D eigenvalue weighted by molar-refractivity contribution is 0.0690. The number of piperidine rings is 1. The molecular weight excluding hydrogens is 410 g/mol. The molecule has 4 rings (SSSR count). The highest BCUT2D eigenvalue weighted by Crippen LogP contribution is 2.44. The minimum Gasteiger partial charge on any atom is -0.493 e. The number of methoxy groups -OCH3 is 2. The molecule has 1 atom stereocenters. The summed E-state index contributed by atoms with van der Waals surface area (Å²) in [5.41, 5.74) is 2.56. The van der Waals surface area contributed by atoms with Crippen molar-refractivity contribution in [2.24, 2.45) is 5.92 Å². The molecule has 1 unspecified atom stereocenters. The van der Waals surface area contributed by atoms with E-state index in [1.165, 1.54) is 36.9 Å². The van der Waals surface area contributed by atoms with E-state index in [-0.39, 0.29) is 18.0 Å². The number of rotatable bonds is 6. The number of fused-ring (bicyclic) bond motifs is 1. The summed E-state index contributed by atoms with van der Waals surface area (Å²) >= 11 is 0. The van der Waals surface area contributed by atoms with E-state index in [1.54, 1.807) is 14.2 Å². The van der Waals surface area contributed by atoms with Crippen LogP contribution in [0.3, 0.4) is 0 Å². The predicted molar refractivity (Wildman–Crippen MR) is 129 cm³/mol. The predicted octanol–water partition coefficient (Wildman–Crippen LogP) is 6.47. The normalized spacial score (nSPS) is 20.3. The minimum atomic E-state index is -0.0736. The van der Waals surface area contributed by atoms with E-state index in [0.29, 0.717) is 5.92 Å². The molecule has 0 N–H and O–H groups in total. The van der Waals surface area contributed by atoms with E-state index < -0.39 is 0 Å². The van der Waals surface area contributed by atoms with Crippen molar-refractivity contribution in [2.45, 2.75) is 57.5 Å². The standard InChI is InChI=1S/C26H35NO3.ClH/c1-26(2)18-20(22-7-5-6-8-23(22)30-26)10-9-19-13-15-27(16-14-19)21-11-12-24(28-3)25(17-21)29-4;/h5-8,11-12,17,19-20H,9-10,13-16,18H2,1-4H3;1H. The summed E-state index contributed by atoms with van der Waals surface area (Å²) in [4.78, 5) is 2.48.